The van der Waals surface area contributed by atoms with E-state index in [1.165, 1.54) is 26.1 Å². The smallest absolute Gasteiger partial charge is 0.303 e. The van der Waals surface area contributed by atoms with Crippen molar-refractivity contribution in [3.63, 3.8) is 0 Å². The molecule has 9 rings (SSSR count). The molecule has 5 heterocycles. The summed E-state index contributed by atoms with van der Waals surface area (Å²) in [7, 11) is 0.937. The molecule has 1 aromatic heterocycles. The monoisotopic (exact) mass is 687 g/mol. The lowest BCUT2D eigenvalue weighted by atomic mass is 9.71. The number of hydrogen-bond donors (Lipinski definition) is 2. The highest BCUT2D eigenvalue weighted by molar-refractivity contribution is 7.87. The van der Waals surface area contributed by atoms with Crippen LogP contribution >= 0.6 is 0 Å². The molecule has 5 fully saturated rings. The predicted molar refractivity (Wildman–Crippen MR) is 184 cm³/mol. The van der Waals surface area contributed by atoms with Crippen molar-refractivity contribution in [3.8, 4) is 17.0 Å². The topological polar surface area (TPSA) is 124 Å². The number of amides is 2. The van der Waals surface area contributed by atoms with E-state index in [2.05, 4.69) is 26.1 Å². The molecular formula is C37H45N5O6S. The molecule has 2 N–H and O–H groups in total. The number of phenols is 1. The van der Waals surface area contributed by atoms with E-state index in [9.17, 15) is 18.3 Å². The average molecular weight is 688 g/mol. The van der Waals surface area contributed by atoms with E-state index in [4.69, 9.17) is 4.74 Å². The molecule has 4 aliphatic heterocycles. The van der Waals surface area contributed by atoms with Crippen molar-refractivity contribution in [2.75, 3.05) is 60.5 Å². The summed E-state index contributed by atoms with van der Waals surface area (Å²) < 4.78 is 36.7. The largest absolute Gasteiger partial charge is 0.508 e. The normalized spacial score (nSPS) is 30.9. The van der Waals surface area contributed by atoms with Crippen molar-refractivity contribution in [3.05, 3.63) is 53.1 Å². The number of benzene rings is 2. The van der Waals surface area contributed by atoms with Crippen LogP contribution in [0.1, 0.15) is 71.8 Å². The van der Waals surface area contributed by atoms with Gasteiger partial charge in [-0.2, -0.15) is 12.7 Å². The summed E-state index contributed by atoms with van der Waals surface area (Å²) in [6.07, 6.45) is 6.30. The highest BCUT2D eigenvalue weighted by Crippen LogP contribution is 2.67. The molecule has 4 unspecified atom stereocenters. The zero-order chi connectivity index (χ0) is 34.1. The van der Waals surface area contributed by atoms with Gasteiger partial charge in [0.05, 0.1) is 24.3 Å². The number of phenolic OH excluding ortho intramolecular Hbond substituents is 1. The first kappa shape index (κ1) is 31.5. The molecule has 0 spiro atoms. The quantitative estimate of drug-likeness (QED) is 0.418. The highest BCUT2D eigenvalue weighted by atomic mass is 32.2. The Morgan fingerprint density at radius 1 is 0.959 bits per heavy atom. The number of carbonyl (C=O) groups excluding carboxylic acids is 2. The Bertz CT molecular complexity index is 2020. The number of nitrogens with zero attached hydrogens (tertiary/aromatic N) is 4. The van der Waals surface area contributed by atoms with Gasteiger partial charge in [0.15, 0.2) is 0 Å². The SMILES string of the molecule is CN1CC23COCC2(C1)CN(C(=O)C12CC1c1cc(O)ccc1-c1c(C4CCCCC4)c4ccc(C(=O)NS(=O)(=O)N(C)C)cc4n1C2)C3. The van der Waals surface area contributed by atoms with Crippen LogP contribution in [-0.2, 0) is 26.3 Å². The number of aromatic nitrogens is 1. The maximum Gasteiger partial charge on any atom is 0.303 e. The standard InChI is InChI=1S/C37H45N5O6S/c1-39(2)49(46,47)38-33(44)24-9-11-27-30(13-24)42-20-37(34(45)41-18-35-16-40(3)17-36(35,19-41)22-48-21-35)15-29(37)28-14-25(43)10-12-26(28)32(42)31(27)23-7-5-4-6-8-23/h9-14,23,29,43H,4-8,15-22H2,1-3H3,(H,38,44). The molecule has 260 valence electrons. The Morgan fingerprint density at radius 3 is 2.37 bits per heavy atom. The van der Waals surface area contributed by atoms with Gasteiger partial charge in [0.2, 0.25) is 5.91 Å². The molecule has 2 amide bonds. The lowest BCUT2D eigenvalue weighted by Gasteiger charge is -2.29. The van der Waals surface area contributed by atoms with Crippen molar-refractivity contribution in [2.24, 2.45) is 16.2 Å². The number of rotatable bonds is 5. The molecule has 4 atom stereocenters. The van der Waals surface area contributed by atoms with Crippen LogP contribution in [0.15, 0.2) is 36.4 Å². The third-order valence-electron chi connectivity index (χ3n) is 13.0. The Morgan fingerprint density at radius 2 is 1.67 bits per heavy atom. The first-order valence-electron chi connectivity index (χ1n) is 17.7. The fourth-order valence-electron chi connectivity index (χ4n) is 10.6. The fourth-order valence-corrected chi connectivity index (χ4v) is 11.1. The minimum Gasteiger partial charge on any atom is -0.508 e. The van der Waals surface area contributed by atoms with E-state index >= 15 is 4.79 Å². The van der Waals surface area contributed by atoms with E-state index in [1.54, 1.807) is 12.1 Å². The van der Waals surface area contributed by atoms with E-state index in [1.807, 2.05) is 24.3 Å². The molecule has 0 bridgehead atoms. The summed E-state index contributed by atoms with van der Waals surface area (Å²) in [6, 6.07) is 11.1. The average Bonchev–Trinajstić information content (AvgIpc) is 3.29. The molecule has 49 heavy (non-hydrogen) atoms. The van der Waals surface area contributed by atoms with Gasteiger partial charge in [-0.25, -0.2) is 4.72 Å². The molecule has 11 nitrogen and oxygen atoms in total. The first-order chi connectivity index (χ1) is 23.4. The molecule has 3 saturated heterocycles. The number of ether oxygens (including phenoxy) is 1. The van der Waals surface area contributed by atoms with E-state index in [0.29, 0.717) is 45.2 Å². The van der Waals surface area contributed by atoms with Crippen LogP contribution < -0.4 is 4.72 Å². The Labute approximate surface area is 287 Å². The van der Waals surface area contributed by atoms with Crippen molar-refractivity contribution >= 4 is 32.9 Å². The van der Waals surface area contributed by atoms with Crippen LogP contribution in [0.3, 0.4) is 0 Å². The van der Waals surface area contributed by atoms with Gasteiger partial charge in [0.25, 0.3) is 5.91 Å². The summed E-state index contributed by atoms with van der Waals surface area (Å²) in [4.78, 5) is 33.0. The fraction of sp³-hybridized carbons (Fsp3) is 0.568. The molecule has 2 aromatic carbocycles. The highest BCUT2D eigenvalue weighted by Gasteiger charge is 2.70. The molecule has 0 radical (unpaired) electrons. The lowest BCUT2D eigenvalue weighted by molar-refractivity contribution is -0.138. The summed E-state index contributed by atoms with van der Waals surface area (Å²) in [5.41, 5.74) is 4.66. The van der Waals surface area contributed by atoms with E-state index in [-0.39, 0.29) is 34.0 Å². The third-order valence-corrected chi connectivity index (χ3v) is 14.4. The van der Waals surface area contributed by atoms with Gasteiger partial charge in [-0.05, 0) is 73.7 Å². The number of aromatic hydroxyl groups is 1. The second-order valence-corrected chi connectivity index (χ2v) is 18.1. The molecule has 3 aromatic rings. The summed E-state index contributed by atoms with van der Waals surface area (Å²) >= 11 is 0. The van der Waals surface area contributed by atoms with Crippen molar-refractivity contribution in [2.45, 2.75) is 56.9 Å². The minimum atomic E-state index is -3.99. The summed E-state index contributed by atoms with van der Waals surface area (Å²) in [5.74, 6) is -0.0524. The molecule has 2 saturated carbocycles. The second kappa shape index (κ2) is 10.5. The van der Waals surface area contributed by atoms with Gasteiger partial charge >= 0.3 is 10.2 Å². The molecule has 2 aliphatic carbocycles. The Kier molecular flexibility index (Phi) is 6.78. The van der Waals surface area contributed by atoms with E-state index < -0.39 is 21.5 Å². The van der Waals surface area contributed by atoms with Gasteiger partial charge in [-0.15, -0.1) is 0 Å². The van der Waals surface area contributed by atoms with Gasteiger partial charge < -0.3 is 24.2 Å². The van der Waals surface area contributed by atoms with Crippen LogP contribution in [0.4, 0.5) is 0 Å². The molecule has 6 aliphatic rings. The summed E-state index contributed by atoms with van der Waals surface area (Å²) in [5, 5.41) is 11.8. The molecular weight excluding hydrogens is 643 g/mol. The third kappa shape index (κ3) is 4.46. The van der Waals surface area contributed by atoms with Crippen LogP contribution in [0.2, 0.25) is 0 Å². The summed E-state index contributed by atoms with van der Waals surface area (Å²) in [6.45, 7) is 5.05. The van der Waals surface area contributed by atoms with Crippen LogP contribution in [-0.4, -0.2) is 105 Å². The maximum atomic E-state index is 15.1. The Balaban J connectivity index is 1.19. The van der Waals surface area contributed by atoms with Gasteiger partial charge in [0, 0.05) is 85.6 Å². The van der Waals surface area contributed by atoms with Gasteiger partial charge in [-0.1, -0.05) is 25.3 Å². The minimum absolute atomic E-state index is 0.0397. The van der Waals surface area contributed by atoms with Crippen molar-refractivity contribution in [1.82, 2.24) is 23.4 Å². The van der Waals surface area contributed by atoms with Crippen molar-refractivity contribution < 1.29 is 27.9 Å². The number of hydrogen-bond acceptors (Lipinski definition) is 7. The number of fused-ring (bicyclic) bond motifs is 7. The number of nitrogens with one attached hydrogen (secondary N) is 1. The zero-order valence-corrected chi connectivity index (χ0v) is 29.3. The zero-order valence-electron chi connectivity index (χ0n) is 28.5. The van der Waals surface area contributed by atoms with Gasteiger partial charge in [-0.3, -0.25) is 9.59 Å². The first-order valence-corrected chi connectivity index (χ1v) is 19.1. The number of carbonyl (C=O) groups is 2. The van der Waals surface area contributed by atoms with Gasteiger partial charge in [0.1, 0.15) is 5.75 Å². The number of likely N-dealkylation sites (tertiary alicyclic amines) is 2. The van der Waals surface area contributed by atoms with Crippen LogP contribution in [0.5, 0.6) is 5.75 Å². The van der Waals surface area contributed by atoms with Crippen LogP contribution in [0, 0.1) is 16.2 Å². The molecule has 12 heteroatoms. The maximum absolute atomic E-state index is 15.1. The lowest BCUT2D eigenvalue weighted by Crippen LogP contribution is -2.43. The van der Waals surface area contributed by atoms with Crippen LogP contribution in [0.25, 0.3) is 22.2 Å². The Hall–Kier alpha value is -3.45. The predicted octanol–water partition coefficient (Wildman–Crippen LogP) is 3.88. The van der Waals surface area contributed by atoms with Crippen molar-refractivity contribution in [1.29, 1.82) is 0 Å². The second-order valence-electron chi connectivity index (χ2n) is 16.2. The van der Waals surface area contributed by atoms with E-state index in [0.717, 1.165) is 70.8 Å².